The van der Waals surface area contributed by atoms with E-state index in [1.54, 1.807) is 12.4 Å². The molecule has 4 rings (SSSR count). The molecule has 0 spiro atoms. The lowest BCUT2D eigenvalue weighted by Gasteiger charge is -2.32. The predicted octanol–water partition coefficient (Wildman–Crippen LogP) is -0.666. The number of nitrogens with zero attached hydrogens (tertiary/aromatic N) is 4. The molecule has 3 aliphatic rings. The van der Waals surface area contributed by atoms with Crippen LogP contribution in [0.25, 0.3) is 0 Å². The number of hydrogen-bond donors (Lipinski definition) is 2. The van der Waals surface area contributed by atoms with Crippen molar-refractivity contribution >= 4 is 34.5 Å². The van der Waals surface area contributed by atoms with Crippen molar-refractivity contribution in [2.75, 3.05) is 70.7 Å². The summed E-state index contributed by atoms with van der Waals surface area (Å²) in [5, 5.41) is 5.58. The van der Waals surface area contributed by atoms with Crippen molar-refractivity contribution in [3.05, 3.63) is 30.1 Å². The average Bonchev–Trinajstić information content (AvgIpc) is 3.33. The van der Waals surface area contributed by atoms with E-state index in [1.165, 1.54) is 0 Å². The number of hydrogen-bond acceptors (Lipinski definition) is 10. The van der Waals surface area contributed by atoms with Crippen LogP contribution in [0.4, 0.5) is 4.79 Å². The van der Waals surface area contributed by atoms with Gasteiger partial charge in [-0.15, -0.1) is 0 Å². The normalized spacial score (nSPS) is 23.6. The zero-order chi connectivity index (χ0) is 28.3. The smallest absolute Gasteiger partial charge is 0.413 e. The van der Waals surface area contributed by atoms with E-state index in [0.717, 1.165) is 5.56 Å². The molecule has 40 heavy (non-hydrogen) atoms. The highest BCUT2D eigenvalue weighted by atomic mass is 32.2. The van der Waals surface area contributed by atoms with Gasteiger partial charge in [-0.1, -0.05) is 6.92 Å². The molecular weight excluding hydrogens is 540 g/mol. The van der Waals surface area contributed by atoms with Gasteiger partial charge in [-0.2, -0.15) is 0 Å². The summed E-state index contributed by atoms with van der Waals surface area (Å²) in [6.45, 7) is 5.21. The lowest BCUT2D eigenvalue weighted by atomic mass is 10.1. The second kappa shape index (κ2) is 15.2. The monoisotopic (exact) mass is 578 g/mol. The molecule has 0 bridgehead atoms. The summed E-state index contributed by atoms with van der Waals surface area (Å²) >= 11 is 0. The van der Waals surface area contributed by atoms with Crippen molar-refractivity contribution in [2.24, 2.45) is 4.99 Å². The number of amides is 2. The van der Waals surface area contributed by atoms with Crippen LogP contribution < -0.4 is 10.6 Å². The summed E-state index contributed by atoms with van der Waals surface area (Å²) in [5.74, 6) is 0.624. The van der Waals surface area contributed by atoms with Crippen LogP contribution in [0.15, 0.2) is 29.5 Å². The van der Waals surface area contributed by atoms with Gasteiger partial charge in [0, 0.05) is 73.8 Å². The van der Waals surface area contributed by atoms with Gasteiger partial charge in [0.2, 0.25) is 11.9 Å². The van der Waals surface area contributed by atoms with E-state index in [9.17, 15) is 18.6 Å². The van der Waals surface area contributed by atoms with Gasteiger partial charge in [0.05, 0.1) is 25.9 Å². The largest absolute Gasteiger partial charge is 0.449 e. The minimum atomic E-state index is -0.938. The molecule has 0 radical (unpaired) electrons. The molecule has 220 valence electrons. The standard InChI is InChI=1S/C26H38N6O7S/c1-2-22-23(21(33)18-39-22)29-24(34)20(17-31-10-15-40(36)16-11-31)28-25(32-8-13-37-14-9-32)30-26(35)38-12-5-19-3-6-27-7-4-19/h3-4,6-7,20,22-23H,2,5,8-18H2,1H3,(H,29,34)(H,28,30,35). The van der Waals surface area contributed by atoms with Gasteiger partial charge in [0.1, 0.15) is 18.7 Å². The first-order chi connectivity index (χ1) is 19.4. The Hall–Kier alpha value is -2.94. The Kier molecular flexibility index (Phi) is 11.4. The summed E-state index contributed by atoms with van der Waals surface area (Å²) in [6.07, 6.45) is 3.38. The Morgan fingerprint density at radius 1 is 1.20 bits per heavy atom. The number of ketones is 1. The van der Waals surface area contributed by atoms with Crippen LogP contribution in [-0.4, -0.2) is 132 Å². The number of nitrogens with one attached hydrogen (secondary N) is 2. The van der Waals surface area contributed by atoms with Crippen molar-refractivity contribution in [2.45, 2.75) is 38.0 Å². The quantitative estimate of drug-likeness (QED) is 0.285. The molecule has 2 amide bonds. The lowest BCUT2D eigenvalue weighted by molar-refractivity contribution is -0.127. The number of alkyl carbamates (subject to hydrolysis) is 1. The van der Waals surface area contributed by atoms with E-state index >= 15 is 0 Å². The number of guanidine groups is 1. The lowest BCUT2D eigenvalue weighted by Crippen LogP contribution is -2.54. The maximum Gasteiger partial charge on any atom is 0.413 e. The first kappa shape index (κ1) is 30.0. The van der Waals surface area contributed by atoms with Gasteiger partial charge in [0.25, 0.3) is 0 Å². The summed E-state index contributed by atoms with van der Waals surface area (Å²) < 4.78 is 28.3. The molecule has 13 nitrogen and oxygen atoms in total. The van der Waals surface area contributed by atoms with Crippen molar-refractivity contribution in [3.8, 4) is 0 Å². The topological polar surface area (TPSA) is 152 Å². The number of morpholine rings is 1. The fourth-order valence-corrected chi connectivity index (χ4v) is 5.83. The number of pyridine rings is 1. The predicted molar refractivity (Wildman–Crippen MR) is 147 cm³/mol. The Morgan fingerprint density at radius 3 is 2.62 bits per heavy atom. The van der Waals surface area contributed by atoms with Crippen LogP contribution in [0, 0.1) is 0 Å². The molecule has 2 N–H and O–H groups in total. The third kappa shape index (κ3) is 8.78. The molecule has 0 saturated carbocycles. The molecule has 3 unspecified atom stereocenters. The van der Waals surface area contributed by atoms with Gasteiger partial charge in [-0.05, 0) is 24.1 Å². The van der Waals surface area contributed by atoms with Gasteiger partial charge in [-0.25, -0.2) is 9.79 Å². The Bertz CT molecular complexity index is 1060. The minimum Gasteiger partial charge on any atom is -0.449 e. The number of Topliss-reactive ketones (excluding diaryl/α,β-unsaturated/α-hetero) is 1. The molecule has 3 aliphatic heterocycles. The Morgan fingerprint density at radius 2 is 1.93 bits per heavy atom. The van der Waals surface area contributed by atoms with Gasteiger partial charge < -0.3 is 24.4 Å². The highest BCUT2D eigenvalue weighted by Crippen LogP contribution is 2.15. The minimum absolute atomic E-state index is 0.0404. The van der Waals surface area contributed by atoms with E-state index in [2.05, 4.69) is 15.6 Å². The van der Waals surface area contributed by atoms with Crippen molar-refractivity contribution in [1.82, 2.24) is 25.4 Å². The molecule has 0 aromatic carbocycles. The third-order valence-electron chi connectivity index (χ3n) is 7.04. The molecule has 4 heterocycles. The average molecular weight is 579 g/mol. The van der Waals surface area contributed by atoms with Crippen LogP contribution in [0.3, 0.4) is 0 Å². The first-order valence-corrected chi connectivity index (χ1v) is 15.2. The molecule has 3 fully saturated rings. The molecule has 0 aliphatic carbocycles. The van der Waals surface area contributed by atoms with E-state index in [4.69, 9.17) is 19.2 Å². The summed E-state index contributed by atoms with van der Waals surface area (Å²) in [4.78, 5) is 51.4. The van der Waals surface area contributed by atoms with Crippen LogP contribution in [0.2, 0.25) is 0 Å². The number of rotatable bonds is 9. The van der Waals surface area contributed by atoms with Gasteiger partial charge in [0.15, 0.2) is 5.78 Å². The Balaban J connectivity index is 1.50. The van der Waals surface area contributed by atoms with Gasteiger partial charge in [-0.3, -0.25) is 29.0 Å². The highest BCUT2D eigenvalue weighted by Gasteiger charge is 2.38. The van der Waals surface area contributed by atoms with E-state index in [1.807, 2.05) is 28.9 Å². The fraction of sp³-hybridized carbons (Fsp3) is 0.654. The van der Waals surface area contributed by atoms with Gasteiger partial charge >= 0.3 is 6.09 Å². The maximum atomic E-state index is 13.6. The van der Waals surface area contributed by atoms with Crippen molar-refractivity contribution < 1.29 is 32.8 Å². The summed E-state index contributed by atoms with van der Waals surface area (Å²) in [5.41, 5.74) is 0.986. The first-order valence-electron chi connectivity index (χ1n) is 13.7. The fourth-order valence-electron chi connectivity index (χ4n) is 4.70. The van der Waals surface area contributed by atoms with E-state index in [0.29, 0.717) is 63.7 Å². The highest BCUT2D eigenvalue weighted by molar-refractivity contribution is 7.85. The van der Waals surface area contributed by atoms with Crippen LogP contribution >= 0.6 is 0 Å². The zero-order valence-corrected chi connectivity index (χ0v) is 23.6. The SMILES string of the molecule is CCC1OCC(=O)C1NC(=O)C(CN1CCS(=O)CC1)N=C(NC(=O)OCCc1ccncc1)N1CCOCC1. The number of aromatic nitrogens is 1. The molecule has 1 aromatic rings. The molecule has 14 heteroatoms. The molecule has 3 saturated heterocycles. The molecule has 1 aromatic heterocycles. The second-order valence-corrected chi connectivity index (χ2v) is 11.5. The zero-order valence-electron chi connectivity index (χ0n) is 22.8. The number of aliphatic imine (C=N–C) groups is 1. The number of carbonyl (C=O) groups excluding carboxylic acids is 3. The van der Waals surface area contributed by atoms with Crippen LogP contribution in [-0.2, 0) is 41.0 Å². The molecular formula is C26H38N6O7S. The number of ether oxygens (including phenoxy) is 3. The van der Waals surface area contributed by atoms with E-state index < -0.39 is 41.0 Å². The Labute approximate surface area is 236 Å². The summed E-state index contributed by atoms with van der Waals surface area (Å²) in [6, 6.07) is 2.02. The van der Waals surface area contributed by atoms with Crippen molar-refractivity contribution in [3.63, 3.8) is 0 Å². The molecule has 3 atom stereocenters. The number of carbonyl (C=O) groups is 3. The summed E-state index contributed by atoms with van der Waals surface area (Å²) in [7, 11) is -0.879. The third-order valence-corrected chi connectivity index (χ3v) is 8.31. The van der Waals surface area contributed by atoms with Crippen LogP contribution in [0.5, 0.6) is 0 Å². The maximum absolute atomic E-state index is 13.6. The van der Waals surface area contributed by atoms with Crippen LogP contribution in [0.1, 0.15) is 18.9 Å². The van der Waals surface area contributed by atoms with Crippen molar-refractivity contribution in [1.29, 1.82) is 0 Å². The second-order valence-electron chi connectivity index (χ2n) is 9.79. The van der Waals surface area contributed by atoms with E-state index in [-0.39, 0.29) is 31.5 Å².